The second-order valence-electron chi connectivity index (χ2n) is 4.99. The molecule has 7 nitrogen and oxygen atoms in total. The van der Waals surface area contributed by atoms with Crippen LogP contribution in [0, 0.1) is 0 Å². The average Bonchev–Trinajstić information content (AvgIpc) is 2.77. The van der Waals surface area contributed by atoms with Crippen LogP contribution in [0.1, 0.15) is 20.8 Å². The lowest BCUT2D eigenvalue weighted by molar-refractivity contribution is 0.0347. The summed E-state index contributed by atoms with van der Waals surface area (Å²) in [4.78, 5) is 11.4. The van der Waals surface area contributed by atoms with Crippen LogP contribution in [0.5, 0.6) is 0 Å². The highest BCUT2D eigenvalue weighted by Crippen LogP contribution is 2.24. The molecule has 0 radical (unpaired) electrons. The number of hydrogen-bond donors (Lipinski definition) is 1. The molecule has 1 aliphatic heterocycles. The molecule has 19 heavy (non-hydrogen) atoms. The molecule has 0 bridgehead atoms. The maximum Gasteiger partial charge on any atom is 0.457 e. The SMILES string of the molecule is CC(C)(C)OC(=O)N[N+]1(c2ccccc2)N=CN=N1. The minimum Gasteiger partial charge on any atom is -0.441 e. The number of rotatable bonds is 2. The first-order chi connectivity index (χ1) is 8.91. The van der Waals surface area contributed by atoms with Crippen LogP contribution >= 0.6 is 0 Å². The van der Waals surface area contributed by atoms with Crippen LogP contribution in [0.2, 0.25) is 0 Å². The van der Waals surface area contributed by atoms with E-state index in [0.29, 0.717) is 5.69 Å². The molecule has 2 rings (SSSR count). The summed E-state index contributed by atoms with van der Waals surface area (Å²) in [5.41, 5.74) is 2.65. The van der Waals surface area contributed by atoms with E-state index < -0.39 is 16.5 Å². The van der Waals surface area contributed by atoms with E-state index in [1.54, 1.807) is 32.9 Å². The van der Waals surface area contributed by atoms with E-state index in [9.17, 15) is 4.79 Å². The van der Waals surface area contributed by atoms with Gasteiger partial charge in [-0.2, -0.15) is 0 Å². The number of nitrogens with zero attached hydrogens (tertiary/aromatic N) is 4. The monoisotopic (exact) mass is 262 g/mol. The molecule has 1 amide bonds. The summed E-state index contributed by atoms with van der Waals surface area (Å²) < 4.78 is 5.20. The van der Waals surface area contributed by atoms with E-state index in [-0.39, 0.29) is 0 Å². The van der Waals surface area contributed by atoms with Gasteiger partial charge in [-0.3, -0.25) is 0 Å². The van der Waals surface area contributed by atoms with E-state index in [4.69, 9.17) is 4.74 Å². The van der Waals surface area contributed by atoms with Gasteiger partial charge in [0.25, 0.3) is 0 Å². The van der Waals surface area contributed by atoms with Gasteiger partial charge in [-0.05, 0) is 25.9 Å². The molecule has 1 aromatic carbocycles. The maximum atomic E-state index is 11.9. The standard InChI is InChI=1S/C12H15N5O2/c1-12(2,3)19-11(18)15-17(14-9-13-16-17)10-7-5-4-6-8-10/h4-9H,1-3H3/p+1. The van der Waals surface area contributed by atoms with Crippen LogP contribution in [0.4, 0.5) is 10.5 Å². The number of quaternary nitrogens is 1. The van der Waals surface area contributed by atoms with Gasteiger partial charge < -0.3 is 4.74 Å². The van der Waals surface area contributed by atoms with Crippen LogP contribution in [-0.2, 0) is 4.74 Å². The van der Waals surface area contributed by atoms with Gasteiger partial charge in [0.15, 0.2) is 0 Å². The Morgan fingerprint density at radius 3 is 2.47 bits per heavy atom. The zero-order chi connectivity index (χ0) is 13.9. The molecule has 0 saturated heterocycles. The Labute approximate surface area is 111 Å². The largest absolute Gasteiger partial charge is 0.457 e. The normalized spacial score (nSPS) is 21.4. The van der Waals surface area contributed by atoms with Crippen molar-refractivity contribution in [1.82, 2.24) is 10.2 Å². The zero-order valence-corrected chi connectivity index (χ0v) is 11.1. The minimum absolute atomic E-state index is 0.476. The summed E-state index contributed by atoms with van der Waals surface area (Å²) in [6.45, 7) is 5.36. The molecule has 0 saturated carbocycles. The van der Waals surface area contributed by atoms with Crippen molar-refractivity contribution in [2.24, 2.45) is 15.4 Å². The third-order valence-corrected chi connectivity index (χ3v) is 2.21. The lowest BCUT2D eigenvalue weighted by atomic mass is 10.2. The van der Waals surface area contributed by atoms with Crippen LogP contribution in [0.3, 0.4) is 0 Å². The number of carbonyl (C=O) groups is 1. The highest BCUT2D eigenvalue weighted by molar-refractivity contribution is 5.70. The summed E-state index contributed by atoms with van der Waals surface area (Å²) in [5.74, 6) is 0. The zero-order valence-electron chi connectivity index (χ0n) is 11.1. The highest BCUT2D eigenvalue weighted by atomic mass is 16.6. The minimum atomic E-state index is -0.616. The van der Waals surface area contributed by atoms with Crippen molar-refractivity contribution in [3.05, 3.63) is 30.3 Å². The summed E-state index contributed by atoms with van der Waals surface area (Å²) >= 11 is 0. The molecule has 1 aromatic rings. The van der Waals surface area contributed by atoms with Crippen LogP contribution in [0.15, 0.2) is 45.8 Å². The molecule has 1 unspecified atom stereocenters. The van der Waals surface area contributed by atoms with Gasteiger partial charge in [-0.15, -0.1) is 5.43 Å². The van der Waals surface area contributed by atoms with E-state index >= 15 is 0 Å². The highest BCUT2D eigenvalue weighted by Gasteiger charge is 2.39. The van der Waals surface area contributed by atoms with Crippen molar-refractivity contribution >= 4 is 18.1 Å². The van der Waals surface area contributed by atoms with Gasteiger partial charge in [-0.1, -0.05) is 23.3 Å². The Balaban J connectivity index is 2.21. The summed E-state index contributed by atoms with van der Waals surface area (Å²) in [6, 6.07) is 9.10. The molecule has 1 atom stereocenters. The molecule has 1 heterocycles. The molecule has 0 fully saturated rings. The Kier molecular flexibility index (Phi) is 3.30. The third kappa shape index (κ3) is 3.14. The Morgan fingerprint density at radius 1 is 1.26 bits per heavy atom. The summed E-state index contributed by atoms with van der Waals surface area (Å²) in [6.07, 6.45) is 0.666. The van der Waals surface area contributed by atoms with Crippen molar-refractivity contribution in [3.63, 3.8) is 0 Å². The molecule has 7 heteroatoms. The van der Waals surface area contributed by atoms with Gasteiger partial charge in [0.2, 0.25) is 12.0 Å². The van der Waals surface area contributed by atoms with Crippen molar-refractivity contribution in [1.29, 1.82) is 0 Å². The van der Waals surface area contributed by atoms with Crippen LogP contribution < -0.4 is 10.2 Å². The average molecular weight is 262 g/mol. The van der Waals surface area contributed by atoms with Crippen LogP contribution in [0.25, 0.3) is 0 Å². The van der Waals surface area contributed by atoms with Gasteiger partial charge in [-0.25, -0.2) is 4.79 Å². The number of ether oxygens (including phenoxy) is 1. The van der Waals surface area contributed by atoms with Crippen LogP contribution in [-0.4, -0.2) is 18.0 Å². The molecule has 0 spiro atoms. The van der Waals surface area contributed by atoms with Crippen molar-refractivity contribution in [2.75, 3.05) is 0 Å². The van der Waals surface area contributed by atoms with Gasteiger partial charge in [0.1, 0.15) is 5.60 Å². The fraction of sp³-hybridized carbons (Fsp3) is 0.333. The van der Waals surface area contributed by atoms with Gasteiger partial charge >= 0.3 is 6.09 Å². The van der Waals surface area contributed by atoms with Gasteiger partial charge in [0.05, 0.1) is 10.0 Å². The number of nitrogens with one attached hydrogen (secondary N) is 1. The van der Waals surface area contributed by atoms with Crippen molar-refractivity contribution < 1.29 is 9.53 Å². The summed E-state index contributed by atoms with van der Waals surface area (Å²) in [5, 5.41) is 11.7. The number of amides is 1. The second-order valence-corrected chi connectivity index (χ2v) is 4.99. The third-order valence-electron chi connectivity index (χ3n) is 2.21. The predicted octanol–water partition coefficient (Wildman–Crippen LogP) is 2.76. The number of para-hydroxylation sites is 1. The molecular formula is C12H16N5O2+. The quantitative estimate of drug-likeness (QED) is 0.832. The Bertz CT molecular complexity index is 507. The predicted molar refractivity (Wildman–Crippen MR) is 71.0 cm³/mol. The molecule has 0 aromatic heterocycles. The van der Waals surface area contributed by atoms with Crippen molar-refractivity contribution in [3.8, 4) is 0 Å². The molecule has 100 valence electrons. The number of benzene rings is 1. The molecule has 0 aliphatic carbocycles. The second kappa shape index (κ2) is 4.77. The lowest BCUT2D eigenvalue weighted by Gasteiger charge is -2.23. The fourth-order valence-electron chi connectivity index (χ4n) is 1.52. The first-order valence-corrected chi connectivity index (χ1v) is 5.84. The Hall–Kier alpha value is -2.28. The van der Waals surface area contributed by atoms with E-state index in [1.807, 2.05) is 18.2 Å². The van der Waals surface area contributed by atoms with E-state index in [1.165, 1.54) is 6.34 Å². The van der Waals surface area contributed by atoms with Crippen molar-refractivity contribution in [2.45, 2.75) is 26.4 Å². The van der Waals surface area contributed by atoms with E-state index in [0.717, 1.165) is 0 Å². The lowest BCUT2D eigenvalue weighted by Crippen LogP contribution is -2.53. The fourth-order valence-corrected chi connectivity index (χ4v) is 1.52. The Morgan fingerprint density at radius 2 is 1.95 bits per heavy atom. The first-order valence-electron chi connectivity index (χ1n) is 5.84. The molecular weight excluding hydrogens is 246 g/mol. The maximum absolute atomic E-state index is 11.9. The molecule has 1 aliphatic rings. The van der Waals surface area contributed by atoms with Gasteiger partial charge in [0, 0.05) is 12.1 Å². The number of hydrogen-bond acceptors (Lipinski definition) is 5. The molecule has 1 N–H and O–H groups in total. The van der Waals surface area contributed by atoms with E-state index in [2.05, 4.69) is 20.9 Å². The topological polar surface area (TPSA) is 75.4 Å². The summed E-state index contributed by atoms with van der Waals surface area (Å²) in [7, 11) is 0. The number of carbonyl (C=O) groups excluding carboxylic acids is 1. The first kappa shape index (κ1) is 13.2. The smallest absolute Gasteiger partial charge is 0.441 e.